The predicted molar refractivity (Wildman–Crippen MR) is 82.6 cm³/mol. The third-order valence-corrected chi connectivity index (χ3v) is 3.55. The molecular formula is C17H17FN2O2. The highest BCUT2D eigenvalue weighted by Crippen LogP contribution is 2.23. The average molecular weight is 300 g/mol. The number of anilines is 1. The van der Waals surface area contributed by atoms with Gasteiger partial charge in [0.05, 0.1) is 6.04 Å². The molecule has 1 fully saturated rings. The first-order valence-corrected chi connectivity index (χ1v) is 7.28. The lowest BCUT2D eigenvalue weighted by Gasteiger charge is -2.11. The Kier molecular flexibility index (Phi) is 4.34. The molecule has 2 aromatic rings. The van der Waals surface area contributed by atoms with Gasteiger partial charge in [-0.1, -0.05) is 0 Å². The maximum atomic E-state index is 12.8. The Morgan fingerprint density at radius 3 is 2.32 bits per heavy atom. The fraction of sp³-hybridized carbons (Fsp3) is 0.235. The van der Waals surface area contributed by atoms with E-state index in [0.717, 1.165) is 25.1 Å². The summed E-state index contributed by atoms with van der Waals surface area (Å²) in [4.78, 5) is 12.0. The number of carbonyl (C=O) groups excluding carboxylic acids is 1. The zero-order valence-corrected chi connectivity index (χ0v) is 12.0. The molecule has 22 heavy (non-hydrogen) atoms. The minimum Gasteiger partial charge on any atom is -0.457 e. The first kappa shape index (κ1) is 14.5. The van der Waals surface area contributed by atoms with Crippen LogP contribution in [0.5, 0.6) is 11.5 Å². The number of benzene rings is 2. The molecule has 0 aliphatic carbocycles. The van der Waals surface area contributed by atoms with Crippen molar-refractivity contribution in [1.82, 2.24) is 5.32 Å². The summed E-state index contributed by atoms with van der Waals surface area (Å²) in [6.45, 7) is 0.891. The van der Waals surface area contributed by atoms with Crippen molar-refractivity contribution in [1.29, 1.82) is 0 Å². The van der Waals surface area contributed by atoms with E-state index in [0.29, 0.717) is 11.5 Å². The number of halogens is 1. The Bertz CT molecular complexity index is 635. The zero-order valence-electron chi connectivity index (χ0n) is 12.0. The van der Waals surface area contributed by atoms with Gasteiger partial charge in [-0.25, -0.2) is 4.39 Å². The lowest BCUT2D eigenvalue weighted by molar-refractivity contribution is -0.117. The van der Waals surface area contributed by atoms with Crippen LogP contribution in [0, 0.1) is 5.82 Å². The van der Waals surface area contributed by atoms with Crippen molar-refractivity contribution in [2.45, 2.75) is 18.9 Å². The van der Waals surface area contributed by atoms with Crippen molar-refractivity contribution in [2.75, 3.05) is 11.9 Å². The number of rotatable bonds is 4. The number of hydrogen-bond donors (Lipinski definition) is 2. The Hall–Kier alpha value is -2.40. The first-order chi connectivity index (χ1) is 10.7. The summed E-state index contributed by atoms with van der Waals surface area (Å²) >= 11 is 0. The van der Waals surface area contributed by atoms with Crippen LogP contribution in [0.4, 0.5) is 10.1 Å². The maximum Gasteiger partial charge on any atom is 0.241 e. The molecule has 0 radical (unpaired) electrons. The van der Waals surface area contributed by atoms with E-state index in [2.05, 4.69) is 10.6 Å². The molecule has 2 aromatic carbocycles. The van der Waals surface area contributed by atoms with Gasteiger partial charge in [-0.05, 0) is 67.9 Å². The van der Waals surface area contributed by atoms with Crippen molar-refractivity contribution in [3.05, 3.63) is 54.3 Å². The van der Waals surface area contributed by atoms with Gasteiger partial charge in [-0.15, -0.1) is 0 Å². The predicted octanol–water partition coefficient (Wildman–Crippen LogP) is 3.31. The summed E-state index contributed by atoms with van der Waals surface area (Å²) in [5.41, 5.74) is 0.727. The lowest BCUT2D eigenvalue weighted by atomic mass is 10.2. The summed E-state index contributed by atoms with van der Waals surface area (Å²) in [6.07, 6.45) is 1.90. The minimum absolute atomic E-state index is 0.00953. The van der Waals surface area contributed by atoms with Crippen molar-refractivity contribution in [3.8, 4) is 11.5 Å². The number of carbonyl (C=O) groups is 1. The summed E-state index contributed by atoms with van der Waals surface area (Å²) in [5.74, 6) is 0.882. The number of nitrogens with one attached hydrogen (secondary N) is 2. The molecular weight excluding hydrogens is 283 g/mol. The van der Waals surface area contributed by atoms with Crippen LogP contribution in [-0.2, 0) is 4.79 Å². The first-order valence-electron chi connectivity index (χ1n) is 7.28. The molecule has 0 saturated carbocycles. The third-order valence-electron chi connectivity index (χ3n) is 3.55. The minimum atomic E-state index is -0.300. The number of hydrogen-bond acceptors (Lipinski definition) is 3. The molecule has 1 atom stereocenters. The molecule has 1 saturated heterocycles. The van der Waals surface area contributed by atoms with Gasteiger partial charge in [0.2, 0.25) is 5.91 Å². The summed E-state index contributed by atoms with van der Waals surface area (Å²) in [6, 6.07) is 12.8. The Morgan fingerprint density at radius 2 is 1.73 bits per heavy atom. The van der Waals surface area contributed by atoms with Gasteiger partial charge >= 0.3 is 0 Å². The second-order valence-electron chi connectivity index (χ2n) is 5.22. The quantitative estimate of drug-likeness (QED) is 0.911. The van der Waals surface area contributed by atoms with Crippen LogP contribution in [0.3, 0.4) is 0 Å². The van der Waals surface area contributed by atoms with Crippen molar-refractivity contribution in [2.24, 2.45) is 0 Å². The van der Waals surface area contributed by atoms with E-state index in [4.69, 9.17) is 4.74 Å². The van der Waals surface area contributed by atoms with Gasteiger partial charge in [-0.2, -0.15) is 0 Å². The molecule has 1 aliphatic heterocycles. The van der Waals surface area contributed by atoms with E-state index in [-0.39, 0.29) is 17.8 Å². The van der Waals surface area contributed by atoms with Crippen LogP contribution in [-0.4, -0.2) is 18.5 Å². The van der Waals surface area contributed by atoms with Crippen molar-refractivity contribution >= 4 is 11.6 Å². The van der Waals surface area contributed by atoms with Gasteiger partial charge in [0.1, 0.15) is 17.3 Å². The summed E-state index contributed by atoms with van der Waals surface area (Å²) in [7, 11) is 0. The smallest absolute Gasteiger partial charge is 0.241 e. The zero-order chi connectivity index (χ0) is 15.4. The van der Waals surface area contributed by atoms with E-state index in [1.807, 2.05) is 0 Å². The van der Waals surface area contributed by atoms with Crippen LogP contribution >= 0.6 is 0 Å². The molecule has 5 heteroatoms. The molecule has 1 unspecified atom stereocenters. The van der Waals surface area contributed by atoms with Crippen LogP contribution in [0.1, 0.15) is 12.8 Å². The normalized spacial score (nSPS) is 17.2. The molecule has 1 amide bonds. The summed E-state index contributed by atoms with van der Waals surface area (Å²) in [5, 5.41) is 6.03. The largest absolute Gasteiger partial charge is 0.457 e. The van der Waals surface area contributed by atoms with Crippen molar-refractivity contribution in [3.63, 3.8) is 0 Å². The van der Waals surface area contributed by atoms with Gasteiger partial charge in [0.15, 0.2) is 0 Å². The van der Waals surface area contributed by atoms with Gasteiger partial charge < -0.3 is 15.4 Å². The maximum absolute atomic E-state index is 12.8. The van der Waals surface area contributed by atoms with Crippen molar-refractivity contribution < 1.29 is 13.9 Å². The second-order valence-corrected chi connectivity index (χ2v) is 5.22. The fourth-order valence-corrected chi connectivity index (χ4v) is 2.38. The highest BCUT2D eigenvalue weighted by molar-refractivity contribution is 5.95. The standard InChI is InChI=1S/C17H17FN2O2/c18-12-3-7-14(8-4-12)22-15-9-5-13(6-10-15)20-17(21)16-2-1-11-19-16/h3-10,16,19H,1-2,11H2,(H,20,21). The molecule has 1 aliphatic rings. The molecule has 0 aromatic heterocycles. The molecule has 114 valence electrons. The molecule has 1 heterocycles. The highest BCUT2D eigenvalue weighted by Gasteiger charge is 2.21. The number of ether oxygens (including phenoxy) is 1. The molecule has 0 bridgehead atoms. The Morgan fingerprint density at radius 1 is 1.09 bits per heavy atom. The molecule has 0 spiro atoms. The number of amides is 1. The van der Waals surface area contributed by atoms with Crippen LogP contribution in [0.15, 0.2) is 48.5 Å². The van der Waals surface area contributed by atoms with Crippen LogP contribution in [0.2, 0.25) is 0 Å². The monoisotopic (exact) mass is 300 g/mol. The van der Waals surface area contributed by atoms with E-state index < -0.39 is 0 Å². The van der Waals surface area contributed by atoms with Gasteiger partial charge in [-0.3, -0.25) is 4.79 Å². The highest BCUT2D eigenvalue weighted by atomic mass is 19.1. The molecule has 4 nitrogen and oxygen atoms in total. The third kappa shape index (κ3) is 3.62. The fourth-order valence-electron chi connectivity index (χ4n) is 2.38. The van der Waals surface area contributed by atoms with Crippen LogP contribution < -0.4 is 15.4 Å². The Balaban J connectivity index is 1.60. The molecule has 3 rings (SSSR count). The van der Waals surface area contributed by atoms with Gasteiger partial charge in [0, 0.05) is 5.69 Å². The van der Waals surface area contributed by atoms with E-state index in [1.54, 1.807) is 36.4 Å². The van der Waals surface area contributed by atoms with E-state index >= 15 is 0 Å². The Labute approximate surface area is 128 Å². The second kappa shape index (κ2) is 6.58. The molecule has 2 N–H and O–H groups in total. The average Bonchev–Trinajstić information content (AvgIpc) is 3.06. The SMILES string of the molecule is O=C(Nc1ccc(Oc2ccc(F)cc2)cc1)C1CCCN1. The lowest BCUT2D eigenvalue weighted by Crippen LogP contribution is -2.35. The van der Waals surface area contributed by atoms with E-state index in [1.165, 1.54) is 12.1 Å². The summed E-state index contributed by atoms with van der Waals surface area (Å²) < 4.78 is 18.4. The topological polar surface area (TPSA) is 50.4 Å². The van der Waals surface area contributed by atoms with E-state index in [9.17, 15) is 9.18 Å². The van der Waals surface area contributed by atoms with Gasteiger partial charge in [0.25, 0.3) is 0 Å². The van der Waals surface area contributed by atoms with Crippen LogP contribution in [0.25, 0.3) is 0 Å².